The van der Waals surface area contributed by atoms with Crippen LogP contribution in [-0.4, -0.2) is 39.5 Å². The van der Waals surface area contributed by atoms with Crippen molar-refractivity contribution in [2.24, 2.45) is 0 Å². The molecule has 1 unspecified atom stereocenters. The van der Waals surface area contributed by atoms with Crippen molar-refractivity contribution in [3.63, 3.8) is 0 Å². The van der Waals surface area contributed by atoms with Gasteiger partial charge in [-0.05, 0) is 18.6 Å². The number of carbonyl (C=O) groups excluding carboxylic acids is 1. The number of alkyl halides is 1. The Morgan fingerprint density at radius 3 is 2.75 bits per heavy atom. The minimum atomic E-state index is -0.249. The number of aromatic hydroxyl groups is 2. The molecule has 0 aromatic heterocycles. The predicted octanol–water partition coefficient (Wildman–Crippen LogP) is 1.55. The van der Waals surface area contributed by atoms with E-state index in [0.29, 0.717) is 13.1 Å². The third-order valence-electron chi connectivity index (χ3n) is 2.63. The van der Waals surface area contributed by atoms with E-state index in [1.54, 1.807) is 4.90 Å². The number of rotatable bonds is 1. The molecule has 1 aliphatic rings. The van der Waals surface area contributed by atoms with E-state index in [0.717, 1.165) is 12.5 Å². The zero-order valence-electron chi connectivity index (χ0n) is 8.56. The predicted molar refractivity (Wildman–Crippen MR) is 59.9 cm³/mol. The fourth-order valence-corrected chi connectivity index (χ4v) is 2.04. The quantitative estimate of drug-likeness (QED) is 0.734. The van der Waals surface area contributed by atoms with E-state index in [4.69, 9.17) is 16.7 Å². The Morgan fingerprint density at radius 2 is 2.19 bits per heavy atom. The molecule has 1 fully saturated rings. The van der Waals surface area contributed by atoms with Gasteiger partial charge in [-0.15, -0.1) is 11.6 Å². The standard InChI is InChI=1S/C11H12ClNO3/c12-7-3-4-13(6-7)11(16)9-2-1-8(14)5-10(9)15/h1-2,5,7,14-15H,3-4,6H2. The molecule has 86 valence electrons. The van der Waals surface area contributed by atoms with E-state index < -0.39 is 0 Å². The summed E-state index contributed by atoms with van der Waals surface area (Å²) in [5, 5.41) is 18.7. The first kappa shape index (κ1) is 11.1. The molecule has 1 aromatic rings. The molecule has 0 aliphatic carbocycles. The van der Waals surface area contributed by atoms with Crippen molar-refractivity contribution < 1.29 is 15.0 Å². The Bertz CT molecular complexity index is 422. The van der Waals surface area contributed by atoms with Crippen molar-refractivity contribution in [3.8, 4) is 11.5 Å². The zero-order chi connectivity index (χ0) is 11.7. The lowest BCUT2D eigenvalue weighted by atomic mass is 10.1. The van der Waals surface area contributed by atoms with Gasteiger partial charge in [0.1, 0.15) is 11.5 Å². The number of nitrogens with zero attached hydrogens (tertiary/aromatic N) is 1. The molecule has 2 N–H and O–H groups in total. The zero-order valence-corrected chi connectivity index (χ0v) is 9.31. The maximum Gasteiger partial charge on any atom is 0.257 e. The van der Waals surface area contributed by atoms with E-state index in [1.165, 1.54) is 12.1 Å². The van der Waals surface area contributed by atoms with Crippen LogP contribution in [0.5, 0.6) is 11.5 Å². The molecule has 0 spiro atoms. The number of hydrogen-bond acceptors (Lipinski definition) is 3. The summed E-state index contributed by atoms with van der Waals surface area (Å²) >= 11 is 5.91. The van der Waals surface area contributed by atoms with Crippen LogP contribution >= 0.6 is 11.6 Å². The van der Waals surface area contributed by atoms with E-state index >= 15 is 0 Å². The first-order chi connectivity index (χ1) is 7.58. The maximum atomic E-state index is 12.0. The van der Waals surface area contributed by atoms with E-state index in [9.17, 15) is 9.90 Å². The van der Waals surface area contributed by atoms with Crippen molar-refractivity contribution in [2.45, 2.75) is 11.8 Å². The summed E-state index contributed by atoms with van der Waals surface area (Å²) in [6.07, 6.45) is 0.770. The molecular weight excluding hydrogens is 230 g/mol. The molecule has 1 amide bonds. The summed E-state index contributed by atoms with van der Waals surface area (Å²) < 4.78 is 0. The number of carbonyl (C=O) groups is 1. The first-order valence-corrected chi connectivity index (χ1v) is 5.47. The van der Waals surface area contributed by atoms with E-state index in [-0.39, 0.29) is 28.3 Å². The lowest BCUT2D eigenvalue weighted by molar-refractivity contribution is 0.0790. The first-order valence-electron chi connectivity index (χ1n) is 5.03. The van der Waals surface area contributed by atoms with Crippen molar-refractivity contribution >= 4 is 17.5 Å². The number of likely N-dealkylation sites (tertiary alicyclic amines) is 1. The number of halogens is 1. The van der Waals surface area contributed by atoms with Crippen LogP contribution in [0.25, 0.3) is 0 Å². The Labute approximate surface area is 98.1 Å². The Hall–Kier alpha value is -1.42. The Morgan fingerprint density at radius 1 is 1.44 bits per heavy atom. The van der Waals surface area contributed by atoms with Gasteiger partial charge in [-0.3, -0.25) is 4.79 Å². The number of hydrogen-bond donors (Lipinski definition) is 2. The molecule has 5 heteroatoms. The molecular formula is C11H12ClNO3. The smallest absolute Gasteiger partial charge is 0.257 e. The highest BCUT2D eigenvalue weighted by Crippen LogP contribution is 2.25. The van der Waals surface area contributed by atoms with Crippen molar-refractivity contribution in [1.82, 2.24) is 4.90 Å². The van der Waals surface area contributed by atoms with Gasteiger partial charge in [0.2, 0.25) is 0 Å². The highest BCUT2D eigenvalue weighted by molar-refractivity contribution is 6.21. The van der Waals surface area contributed by atoms with Gasteiger partial charge in [0.25, 0.3) is 5.91 Å². The average molecular weight is 242 g/mol. The van der Waals surface area contributed by atoms with Crippen LogP contribution < -0.4 is 0 Å². The molecule has 1 saturated heterocycles. The Balaban J connectivity index is 2.21. The summed E-state index contributed by atoms with van der Waals surface area (Å²) in [5.74, 6) is -0.519. The molecule has 0 radical (unpaired) electrons. The van der Waals surface area contributed by atoms with Crippen molar-refractivity contribution in [3.05, 3.63) is 23.8 Å². The van der Waals surface area contributed by atoms with Gasteiger partial charge in [0, 0.05) is 19.2 Å². The minimum Gasteiger partial charge on any atom is -0.508 e. The highest BCUT2D eigenvalue weighted by atomic mass is 35.5. The fraction of sp³-hybridized carbons (Fsp3) is 0.364. The third kappa shape index (κ3) is 2.07. The summed E-state index contributed by atoms with van der Waals surface area (Å²) in [6.45, 7) is 1.11. The topological polar surface area (TPSA) is 60.8 Å². The summed E-state index contributed by atoms with van der Waals surface area (Å²) in [7, 11) is 0. The molecule has 1 aromatic carbocycles. The van der Waals surface area contributed by atoms with Gasteiger partial charge in [-0.25, -0.2) is 0 Å². The second kappa shape index (κ2) is 4.22. The number of benzene rings is 1. The minimum absolute atomic E-state index is 0.0109. The van der Waals surface area contributed by atoms with E-state index in [1.807, 2.05) is 0 Å². The van der Waals surface area contributed by atoms with Crippen molar-refractivity contribution in [2.75, 3.05) is 13.1 Å². The molecule has 0 bridgehead atoms. The fourth-order valence-electron chi connectivity index (χ4n) is 1.77. The lowest BCUT2D eigenvalue weighted by Crippen LogP contribution is -2.28. The summed E-state index contributed by atoms with van der Waals surface area (Å²) in [6, 6.07) is 3.94. The van der Waals surface area contributed by atoms with Crippen LogP contribution in [-0.2, 0) is 0 Å². The number of phenols is 2. The molecule has 1 atom stereocenters. The molecule has 4 nitrogen and oxygen atoms in total. The molecule has 1 aliphatic heterocycles. The molecule has 1 heterocycles. The summed E-state index contributed by atoms with van der Waals surface area (Å²) in [5.41, 5.74) is 0.198. The lowest BCUT2D eigenvalue weighted by Gasteiger charge is -2.16. The van der Waals surface area contributed by atoms with Gasteiger partial charge in [-0.1, -0.05) is 0 Å². The number of phenolic OH excluding ortho intramolecular Hbond substituents is 2. The normalized spacial score (nSPS) is 20.1. The average Bonchev–Trinajstić information content (AvgIpc) is 2.64. The van der Waals surface area contributed by atoms with Crippen LogP contribution in [0.2, 0.25) is 0 Å². The summed E-state index contributed by atoms with van der Waals surface area (Å²) in [4.78, 5) is 13.6. The highest BCUT2D eigenvalue weighted by Gasteiger charge is 2.26. The SMILES string of the molecule is O=C(c1ccc(O)cc1O)N1CCC(Cl)C1. The van der Waals surface area contributed by atoms with Crippen molar-refractivity contribution in [1.29, 1.82) is 0 Å². The Kier molecular flexibility index (Phi) is 2.92. The van der Waals surface area contributed by atoms with Gasteiger partial charge in [0.15, 0.2) is 0 Å². The molecule has 0 saturated carbocycles. The van der Waals surface area contributed by atoms with Crippen LogP contribution in [0.15, 0.2) is 18.2 Å². The van der Waals surface area contributed by atoms with Crippen LogP contribution in [0.3, 0.4) is 0 Å². The van der Waals surface area contributed by atoms with Gasteiger partial charge < -0.3 is 15.1 Å². The van der Waals surface area contributed by atoms with Gasteiger partial charge in [0.05, 0.1) is 10.9 Å². The number of amides is 1. The maximum absolute atomic E-state index is 12.0. The van der Waals surface area contributed by atoms with Crippen LogP contribution in [0, 0.1) is 0 Å². The van der Waals surface area contributed by atoms with Crippen LogP contribution in [0.4, 0.5) is 0 Å². The largest absolute Gasteiger partial charge is 0.508 e. The van der Waals surface area contributed by atoms with Gasteiger partial charge in [-0.2, -0.15) is 0 Å². The second-order valence-corrected chi connectivity index (χ2v) is 4.46. The third-order valence-corrected chi connectivity index (χ3v) is 2.99. The van der Waals surface area contributed by atoms with Gasteiger partial charge >= 0.3 is 0 Å². The van der Waals surface area contributed by atoms with Crippen LogP contribution in [0.1, 0.15) is 16.8 Å². The molecule has 16 heavy (non-hydrogen) atoms. The van der Waals surface area contributed by atoms with E-state index in [2.05, 4.69) is 0 Å². The molecule has 2 rings (SSSR count). The second-order valence-electron chi connectivity index (χ2n) is 3.84. The monoisotopic (exact) mass is 241 g/mol.